The van der Waals surface area contributed by atoms with Gasteiger partial charge in [0.2, 0.25) is 11.8 Å². The van der Waals surface area contributed by atoms with Crippen LogP contribution in [0.1, 0.15) is 39.5 Å². The maximum absolute atomic E-state index is 12.2. The second kappa shape index (κ2) is 6.47. The summed E-state index contributed by atoms with van der Waals surface area (Å²) in [6.45, 7) is 4.93. The maximum Gasteiger partial charge on any atom is 0.237 e. The van der Waals surface area contributed by atoms with Crippen molar-refractivity contribution in [2.45, 2.75) is 56.9 Å². The summed E-state index contributed by atoms with van der Waals surface area (Å²) >= 11 is 0. The van der Waals surface area contributed by atoms with Crippen molar-refractivity contribution in [3.05, 3.63) is 0 Å². The number of carbonyl (C=O) groups is 2. The topological polar surface area (TPSA) is 134 Å². The lowest BCUT2D eigenvalue weighted by Crippen LogP contribution is -2.46. The van der Waals surface area contributed by atoms with Crippen LogP contribution in [-0.2, 0) is 9.59 Å². The van der Waals surface area contributed by atoms with Gasteiger partial charge in [-0.25, -0.2) is 0 Å². The Kier molecular flexibility index (Phi) is 4.84. The Labute approximate surface area is 129 Å². The van der Waals surface area contributed by atoms with Gasteiger partial charge in [-0.3, -0.25) is 9.59 Å². The third-order valence-corrected chi connectivity index (χ3v) is 3.77. The third-order valence-electron chi connectivity index (χ3n) is 3.77. The fourth-order valence-corrected chi connectivity index (χ4v) is 2.01. The fourth-order valence-electron chi connectivity index (χ4n) is 2.01. The van der Waals surface area contributed by atoms with Crippen molar-refractivity contribution in [3.8, 4) is 0 Å². The molecule has 1 atom stereocenters. The Morgan fingerprint density at radius 3 is 2.09 bits per heavy atom. The van der Waals surface area contributed by atoms with Crippen LogP contribution in [0.2, 0.25) is 0 Å². The quantitative estimate of drug-likeness (QED) is 0.512. The Morgan fingerprint density at radius 2 is 1.59 bits per heavy atom. The predicted molar refractivity (Wildman–Crippen MR) is 79.0 cm³/mol. The van der Waals surface area contributed by atoms with E-state index >= 15 is 0 Å². The normalized spacial score (nSPS) is 20.5. The zero-order chi connectivity index (χ0) is 16.2. The predicted octanol–water partition coefficient (Wildman–Crippen LogP) is 0.471. The van der Waals surface area contributed by atoms with Gasteiger partial charge in [0.05, 0.1) is 6.04 Å². The molecule has 0 saturated heterocycles. The summed E-state index contributed by atoms with van der Waals surface area (Å²) in [5.41, 5.74) is 4.53. The molecule has 9 nitrogen and oxygen atoms in total. The Morgan fingerprint density at radius 1 is 1.05 bits per heavy atom. The largest absolute Gasteiger partial charge is 0.370 e. The molecule has 0 fully saturated rings. The number of nitrogens with one attached hydrogen (secondary N) is 2. The number of amides is 2. The number of primary amides is 1. The zero-order valence-corrected chi connectivity index (χ0v) is 13.0. The van der Waals surface area contributed by atoms with Crippen LogP contribution in [0.25, 0.3) is 0 Å². The van der Waals surface area contributed by atoms with E-state index in [2.05, 4.69) is 31.1 Å². The van der Waals surface area contributed by atoms with Crippen LogP contribution in [0.15, 0.2) is 20.5 Å². The van der Waals surface area contributed by atoms with E-state index in [1.165, 1.54) is 0 Å². The molecule has 9 heteroatoms. The summed E-state index contributed by atoms with van der Waals surface area (Å²) in [4.78, 5) is 23.1. The molecule has 0 aliphatic carbocycles. The van der Waals surface area contributed by atoms with Gasteiger partial charge in [-0.2, -0.15) is 20.5 Å². The lowest BCUT2D eigenvalue weighted by molar-refractivity contribution is -0.123. The van der Waals surface area contributed by atoms with Gasteiger partial charge >= 0.3 is 0 Å². The highest BCUT2D eigenvalue weighted by atomic mass is 16.2. The number of carbonyl (C=O) groups excluding carboxylic acids is 2. The molecule has 0 bridgehead atoms. The van der Waals surface area contributed by atoms with Crippen molar-refractivity contribution in [2.24, 2.45) is 26.2 Å². The molecule has 0 radical (unpaired) electrons. The average Bonchev–Trinajstić information content (AvgIpc) is 3.34. The van der Waals surface area contributed by atoms with Gasteiger partial charge in [-0.1, -0.05) is 0 Å². The number of nitrogens with two attached hydrogens (primary N) is 1. The maximum atomic E-state index is 12.2. The van der Waals surface area contributed by atoms with E-state index in [1.54, 1.807) is 0 Å². The van der Waals surface area contributed by atoms with Crippen LogP contribution in [0.4, 0.5) is 0 Å². The van der Waals surface area contributed by atoms with E-state index in [-0.39, 0.29) is 23.7 Å². The summed E-state index contributed by atoms with van der Waals surface area (Å²) in [6, 6.07) is -0.448. The number of rotatable bonds is 11. The van der Waals surface area contributed by atoms with Crippen LogP contribution in [0.3, 0.4) is 0 Å². The zero-order valence-electron chi connectivity index (χ0n) is 13.0. The minimum absolute atomic E-state index is 0.139. The van der Waals surface area contributed by atoms with Gasteiger partial charge in [0.15, 0.2) is 11.3 Å². The summed E-state index contributed by atoms with van der Waals surface area (Å²) < 4.78 is 0. The van der Waals surface area contributed by atoms with E-state index in [0.717, 1.165) is 6.42 Å². The third kappa shape index (κ3) is 5.47. The van der Waals surface area contributed by atoms with Gasteiger partial charge in [0.1, 0.15) is 0 Å². The summed E-state index contributed by atoms with van der Waals surface area (Å²) in [6.07, 6.45) is 1.94. The highest BCUT2D eigenvalue weighted by molar-refractivity contribution is 5.82. The Hall–Kier alpha value is -1.90. The monoisotopic (exact) mass is 309 g/mol. The lowest BCUT2D eigenvalue weighted by atomic mass is 10.1. The van der Waals surface area contributed by atoms with Gasteiger partial charge in [-0.15, -0.1) is 0 Å². The van der Waals surface area contributed by atoms with Crippen molar-refractivity contribution in [1.82, 2.24) is 10.6 Å². The second-order valence-electron chi connectivity index (χ2n) is 6.14. The summed E-state index contributed by atoms with van der Waals surface area (Å²) in [5, 5.41) is 21.6. The molecule has 0 aromatic heterocycles. The van der Waals surface area contributed by atoms with Crippen molar-refractivity contribution in [2.75, 3.05) is 13.1 Å². The Bertz CT molecular complexity index is 491. The average molecular weight is 309 g/mol. The fraction of sp³-hybridized carbons (Fsp3) is 0.846. The van der Waals surface area contributed by atoms with Crippen LogP contribution < -0.4 is 16.4 Å². The molecule has 0 spiro atoms. The minimum Gasteiger partial charge on any atom is -0.370 e. The molecule has 4 N–H and O–H groups in total. The highest BCUT2D eigenvalue weighted by Crippen LogP contribution is 2.30. The molecule has 0 aromatic rings. The number of hydrogen-bond acceptors (Lipinski definition) is 7. The van der Waals surface area contributed by atoms with Crippen LogP contribution in [0.5, 0.6) is 0 Å². The van der Waals surface area contributed by atoms with Crippen LogP contribution in [0, 0.1) is 0 Å². The van der Waals surface area contributed by atoms with Crippen molar-refractivity contribution >= 4 is 11.8 Å². The highest BCUT2D eigenvalue weighted by Gasteiger charge is 2.34. The Balaban J connectivity index is 1.71. The van der Waals surface area contributed by atoms with Gasteiger partial charge < -0.3 is 16.4 Å². The van der Waals surface area contributed by atoms with Gasteiger partial charge in [0.25, 0.3) is 0 Å². The van der Waals surface area contributed by atoms with Crippen molar-refractivity contribution in [1.29, 1.82) is 0 Å². The molecule has 22 heavy (non-hydrogen) atoms. The SMILES string of the molecule is CC1(CCNC(=O)[C@H](CCC(N)=O)NCCC2(C)N=N2)N=N1. The number of hydrogen-bond donors (Lipinski definition) is 3. The summed E-state index contributed by atoms with van der Waals surface area (Å²) in [5.74, 6) is -0.554. The first-order valence-electron chi connectivity index (χ1n) is 7.49. The molecule has 2 aliphatic heterocycles. The molecule has 122 valence electrons. The van der Waals surface area contributed by atoms with E-state index in [1.807, 2.05) is 13.8 Å². The van der Waals surface area contributed by atoms with Crippen molar-refractivity contribution < 1.29 is 9.59 Å². The molecular weight excluding hydrogens is 286 g/mol. The second-order valence-corrected chi connectivity index (χ2v) is 6.14. The standard InChI is InChI=1S/C13H23N7O2/c1-12(17-18-12)5-7-15-9(3-4-10(14)21)11(22)16-8-6-13(2)19-20-13/h9,15H,3-8H2,1-2H3,(H2,14,21)(H,16,22)/t9-/m0/s1. The molecule has 2 rings (SSSR count). The number of nitrogens with zero attached hydrogens (tertiary/aromatic N) is 4. The van der Waals surface area contributed by atoms with Crippen LogP contribution >= 0.6 is 0 Å². The molecular formula is C13H23N7O2. The van der Waals surface area contributed by atoms with E-state index in [9.17, 15) is 9.59 Å². The van der Waals surface area contributed by atoms with Crippen molar-refractivity contribution in [3.63, 3.8) is 0 Å². The molecule has 2 amide bonds. The molecule has 0 aromatic carbocycles. The minimum atomic E-state index is -0.448. The van der Waals surface area contributed by atoms with Crippen LogP contribution in [-0.4, -0.2) is 42.3 Å². The van der Waals surface area contributed by atoms with E-state index in [0.29, 0.717) is 25.9 Å². The van der Waals surface area contributed by atoms with Gasteiger partial charge in [-0.05, 0) is 20.3 Å². The first-order valence-corrected chi connectivity index (χ1v) is 7.49. The first-order chi connectivity index (χ1) is 10.3. The first kappa shape index (κ1) is 16.5. The van der Waals surface area contributed by atoms with E-state index < -0.39 is 11.9 Å². The summed E-state index contributed by atoms with van der Waals surface area (Å²) in [7, 11) is 0. The smallest absolute Gasteiger partial charge is 0.237 e. The molecule has 2 heterocycles. The van der Waals surface area contributed by atoms with E-state index in [4.69, 9.17) is 5.73 Å². The molecule has 2 aliphatic rings. The molecule has 0 unspecified atom stereocenters. The molecule has 0 saturated carbocycles. The van der Waals surface area contributed by atoms with Gasteiger partial charge in [0, 0.05) is 32.4 Å². The lowest BCUT2D eigenvalue weighted by Gasteiger charge is -2.18.